The second kappa shape index (κ2) is 4.43. The van der Waals surface area contributed by atoms with Crippen LogP contribution >= 0.6 is 23.2 Å². The van der Waals surface area contributed by atoms with Crippen LogP contribution in [-0.4, -0.2) is 15.4 Å². The number of alkyl halides is 1. The summed E-state index contributed by atoms with van der Waals surface area (Å²) in [4.78, 5) is 4.68. The summed E-state index contributed by atoms with van der Waals surface area (Å²) in [6.45, 7) is 3.35. The zero-order chi connectivity index (χ0) is 12.8. The predicted molar refractivity (Wildman–Crippen MR) is 76.5 cm³/mol. The first-order valence-electron chi connectivity index (χ1n) is 6.32. The lowest BCUT2D eigenvalue weighted by Gasteiger charge is -2.13. The monoisotopic (exact) mass is 282 g/mol. The van der Waals surface area contributed by atoms with Gasteiger partial charge in [-0.05, 0) is 36.5 Å². The summed E-state index contributed by atoms with van der Waals surface area (Å²) in [7, 11) is 0. The average Bonchev–Trinajstić information content (AvgIpc) is 2.97. The van der Waals surface area contributed by atoms with Crippen LogP contribution in [0.15, 0.2) is 18.2 Å². The highest BCUT2D eigenvalue weighted by atomic mass is 35.5. The van der Waals surface area contributed by atoms with Crippen molar-refractivity contribution in [3.05, 3.63) is 29.0 Å². The van der Waals surface area contributed by atoms with E-state index in [1.807, 2.05) is 18.2 Å². The van der Waals surface area contributed by atoms with Crippen LogP contribution in [0.3, 0.4) is 0 Å². The minimum absolute atomic E-state index is 0.441. The van der Waals surface area contributed by atoms with Crippen molar-refractivity contribution in [1.29, 1.82) is 0 Å². The molecule has 1 aromatic heterocycles. The van der Waals surface area contributed by atoms with Gasteiger partial charge in [-0.15, -0.1) is 11.6 Å². The zero-order valence-corrected chi connectivity index (χ0v) is 11.9. The number of fused-ring (bicyclic) bond motifs is 1. The summed E-state index contributed by atoms with van der Waals surface area (Å²) in [6.07, 6.45) is 3.41. The van der Waals surface area contributed by atoms with Crippen LogP contribution in [0, 0.1) is 5.41 Å². The number of halogens is 2. The highest BCUT2D eigenvalue weighted by Crippen LogP contribution is 2.47. The fourth-order valence-electron chi connectivity index (χ4n) is 2.35. The summed E-state index contributed by atoms with van der Waals surface area (Å²) in [5.41, 5.74) is 2.59. The fourth-order valence-corrected chi connectivity index (χ4v) is 2.69. The van der Waals surface area contributed by atoms with E-state index in [1.165, 1.54) is 12.8 Å². The first-order chi connectivity index (χ1) is 8.61. The number of nitrogens with zero attached hydrogens (tertiary/aromatic N) is 2. The van der Waals surface area contributed by atoms with Crippen LogP contribution in [-0.2, 0) is 13.0 Å². The molecule has 3 rings (SSSR count). The molecule has 18 heavy (non-hydrogen) atoms. The Morgan fingerprint density at radius 3 is 2.83 bits per heavy atom. The number of rotatable bonds is 4. The highest BCUT2D eigenvalue weighted by molar-refractivity contribution is 6.31. The smallest absolute Gasteiger partial charge is 0.111 e. The van der Waals surface area contributed by atoms with Gasteiger partial charge in [0.05, 0.1) is 11.0 Å². The minimum atomic E-state index is 0.441. The molecular formula is C14H16Cl2N2. The maximum absolute atomic E-state index is 6.10. The Hall–Kier alpha value is -0.730. The van der Waals surface area contributed by atoms with Gasteiger partial charge >= 0.3 is 0 Å². The summed E-state index contributed by atoms with van der Waals surface area (Å²) >= 11 is 12.0. The Bertz CT molecular complexity index is 585. The Morgan fingerprint density at radius 2 is 2.17 bits per heavy atom. The van der Waals surface area contributed by atoms with E-state index < -0.39 is 0 Å². The van der Waals surface area contributed by atoms with Gasteiger partial charge in [-0.1, -0.05) is 18.5 Å². The molecule has 0 amide bonds. The largest absolute Gasteiger partial charge is 0.327 e. The van der Waals surface area contributed by atoms with Gasteiger partial charge in [-0.25, -0.2) is 4.98 Å². The molecule has 1 heterocycles. The van der Waals surface area contributed by atoms with Crippen molar-refractivity contribution in [1.82, 2.24) is 9.55 Å². The average molecular weight is 283 g/mol. The van der Waals surface area contributed by atoms with Crippen LogP contribution in [0.2, 0.25) is 5.02 Å². The Morgan fingerprint density at radius 1 is 1.39 bits per heavy atom. The van der Waals surface area contributed by atoms with Crippen molar-refractivity contribution in [2.75, 3.05) is 5.88 Å². The number of aromatic nitrogens is 2. The third-order valence-corrected chi connectivity index (χ3v) is 4.17. The Labute approximate surface area is 117 Å². The molecule has 2 nitrogen and oxygen atoms in total. The molecule has 1 aromatic carbocycles. The number of imidazole rings is 1. The van der Waals surface area contributed by atoms with Crippen molar-refractivity contribution in [3.8, 4) is 0 Å². The van der Waals surface area contributed by atoms with E-state index in [4.69, 9.17) is 23.2 Å². The zero-order valence-electron chi connectivity index (χ0n) is 10.4. The summed E-state index contributed by atoms with van der Waals surface area (Å²) < 4.78 is 2.30. The second-order valence-corrected chi connectivity index (χ2v) is 6.31. The summed E-state index contributed by atoms with van der Waals surface area (Å²) in [6, 6.07) is 5.89. The third kappa shape index (κ3) is 2.24. The van der Waals surface area contributed by atoms with Gasteiger partial charge in [0.1, 0.15) is 5.82 Å². The molecule has 1 saturated carbocycles. The van der Waals surface area contributed by atoms with Crippen molar-refractivity contribution in [3.63, 3.8) is 0 Å². The van der Waals surface area contributed by atoms with Gasteiger partial charge in [0, 0.05) is 23.9 Å². The lowest BCUT2D eigenvalue weighted by atomic mass is 10.1. The standard InChI is InChI=1S/C14H16Cl2N2/c1-14(5-6-14)9-18-12-8-10(16)2-3-11(12)17-13(18)4-7-15/h2-3,8H,4-7,9H2,1H3. The van der Waals surface area contributed by atoms with Crippen molar-refractivity contribution < 1.29 is 0 Å². The number of hydrogen-bond acceptors (Lipinski definition) is 1. The van der Waals surface area contributed by atoms with Crippen LogP contribution in [0.5, 0.6) is 0 Å². The van der Waals surface area contributed by atoms with E-state index in [9.17, 15) is 0 Å². The van der Waals surface area contributed by atoms with Gasteiger partial charge in [0.2, 0.25) is 0 Å². The molecule has 0 bridgehead atoms. The van der Waals surface area contributed by atoms with Crippen molar-refractivity contribution >= 4 is 34.2 Å². The van der Waals surface area contributed by atoms with Gasteiger partial charge < -0.3 is 4.57 Å². The first-order valence-corrected chi connectivity index (χ1v) is 7.23. The maximum Gasteiger partial charge on any atom is 0.111 e. The molecule has 0 spiro atoms. The summed E-state index contributed by atoms with van der Waals surface area (Å²) in [5.74, 6) is 1.68. The van der Waals surface area contributed by atoms with E-state index in [2.05, 4.69) is 16.5 Å². The fraction of sp³-hybridized carbons (Fsp3) is 0.500. The van der Waals surface area contributed by atoms with Gasteiger partial charge in [0.25, 0.3) is 0 Å². The topological polar surface area (TPSA) is 17.8 Å². The van der Waals surface area contributed by atoms with Crippen LogP contribution in [0.1, 0.15) is 25.6 Å². The molecule has 96 valence electrons. The Balaban J connectivity index is 2.10. The van der Waals surface area contributed by atoms with Crippen LogP contribution in [0.4, 0.5) is 0 Å². The lowest BCUT2D eigenvalue weighted by Crippen LogP contribution is -2.11. The normalized spacial score (nSPS) is 17.3. The molecule has 1 fully saturated rings. The SMILES string of the molecule is CC1(Cn2c(CCCl)nc3ccc(Cl)cc32)CC1. The molecule has 4 heteroatoms. The quantitative estimate of drug-likeness (QED) is 0.766. The van der Waals surface area contributed by atoms with E-state index in [0.717, 1.165) is 34.8 Å². The van der Waals surface area contributed by atoms with Crippen molar-refractivity contribution in [2.24, 2.45) is 5.41 Å². The van der Waals surface area contributed by atoms with Gasteiger partial charge in [-0.2, -0.15) is 0 Å². The van der Waals surface area contributed by atoms with Gasteiger partial charge in [0.15, 0.2) is 0 Å². The minimum Gasteiger partial charge on any atom is -0.327 e. The molecule has 0 aliphatic heterocycles. The molecular weight excluding hydrogens is 267 g/mol. The number of hydrogen-bond donors (Lipinski definition) is 0. The van der Waals surface area contributed by atoms with E-state index in [1.54, 1.807) is 0 Å². The van der Waals surface area contributed by atoms with E-state index in [0.29, 0.717) is 11.3 Å². The second-order valence-electron chi connectivity index (χ2n) is 5.50. The van der Waals surface area contributed by atoms with E-state index >= 15 is 0 Å². The van der Waals surface area contributed by atoms with Crippen LogP contribution in [0.25, 0.3) is 11.0 Å². The Kier molecular flexibility index (Phi) is 3.03. The van der Waals surface area contributed by atoms with Gasteiger partial charge in [-0.3, -0.25) is 0 Å². The molecule has 0 saturated heterocycles. The summed E-state index contributed by atoms with van der Waals surface area (Å²) in [5, 5.41) is 0.766. The van der Waals surface area contributed by atoms with E-state index in [-0.39, 0.29) is 0 Å². The van der Waals surface area contributed by atoms with Crippen LogP contribution < -0.4 is 0 Å². The maximum atomic E-state index is 6.10. The molecule has 0 radical (unpaired) electrons. The highest BCUT2D eigenvalue weighted by Gasteiger charge is 2.38. The molecule has 0 N–H and O–H groups in total. The van der Waals surface area contributed by atoms with Crippen molar-refractivity contribution in [2.45, 2.75) is 32.7 Å². The molecule has 1 aliphatic carbocycles. The lowest BCUT2D eigenvalue weighted by molar-refractivity contribution is 0.462. The molecule has 0 atom stereocenters. The predicted octanol–water partition coefficient (Wildman–Crippen LogP) is 4.27. The number of benzene rings is 1. The molecule has 2 aromatic rings. The first kappa shape index (κ1) is 12.3. The molecule has 1 aliphatic rings. The third-order valence-electron chi connectivity index (χ3n) is 3.75. The molecule has 0 unspecified atom stereocenters. The number of aryl methyl sites for hydroxylation is 1.